The van der Waals surface area contributed by atoms with Crippen molar-refractivity contribution < 1.29 is 5.11 Å². The van der Waals surface area contributed by atoms with Gasteiger partial charge in [-0.2, -0.15) is 0 Å². The van der Waals surface area contributed by atoms with E-state index < -0.39 is 11.4 Å². The molecule has 3 unspecified atom stereocenters. The van der Waals surface area contributed by atoms with Crippen molar-refractivity contribution in [3.8, 4) is 0 Å². The monoisotopic (exact) mass is 188 g/mol. The molecule has 4 radical (unpaired) electrons. The minimum Gasteiger partial charge on any atom is -0.381 e. The number of nitrogens with two attached hydrogens (primary N) is 2. The lowest BCUT2D eigenvalue weighted by atomic mass is 9.99. The zero-order chi connectivity index (χ0) is 8.85. The van der Waals surface area contributed by atoms with Crippen LogP contribution in [-0.4, -0.2) is 43.9 Å². The Morgan fingerprint density at radius 1 is 1.36 bits per heavy atom. The fourth-order valence-corrected chi connectivity index (χ4v) is 2.09. The first-order valence-corrected chi connectivity index (χ1v) is 5.32. The van der Waals surface area contributed by atoms with Gasteiger partial charge in [-0.25, -0.2) is 0 Å². The van der Waals surface area contributed by atoms with Crippen molar-refractivity contribution >= 4 is 37.3 Å². The van der Waals surface area contributed by atoms with Crippen LogP contribution in [0.4, 0.5) is 0 Å². The number of hydrogen-bond donors (Lipinski definition) is 3. The molecule has 0 bridgehead atoms. The van der Waals surface area contributed by atoms with E-state index in [1.54, 1.807) is 0 Å². The summed E-state index contributed by atoms with van der Waals surface area (Å²) in [4.78, 5) is 0. The van der Waals surface area contributed by atoms with Crippen molar-refractivity contribution in [3.63, 3.8) is 0 Å². The molecule has 0 aromatic rings. The Balaban J connectivity index is 3.37. The minimum absolute atomic E-state index is 0.187. The Kier molecular flexibility index (Phi) is 6.65. The maximum atomic E-state index is 9.07. The second-order valence-corrected chi connectivity index (χ2v) is 4.56. The van der Waals surface area contributed by atoms with Gasteiger partial charge in [0.05, 0.1) is 15.7 Å². The Hall–Kier alpha value is 0.710. The molecule has 0 saturated carbocycles. The van der Waals surface area contributed by atoms with Crippen LogP contribution in [0.1, 0.15) is 0 Å². The van der Waals surface area contributed by atoms with Crippen molar-refractivity contribution in [1.29, 1.82) is 0 Å². The molecule has 0 aromatic carbocycles. The van der Waals surface area contributed by atoms with Gasteiger partial charge in [0.25, 0.3) is 0 Å². The molecule has 0 aromatic heterocycles. The maximum Gasteiger partial charge on any atom is 0.116 e. The molecule has 0 saturated heterocycles. The third-order valence-corrected chi connectivity index (χ3v) is 3.57. The molecule has 0 rings (SSSR count). The highest BCUT2D eigenvalue weighted by Crippen LogP contribution is 2.28. The summed E-state index contributed by atoms with van der Waals surface area (Å²) in [6.07, 6.45) is 0. The average Bonchev–Trinajstić information content (AvgIpc) is 1.99. The molecule has 0 aliphatic carbocycles. The average molecular weight is 188 g/mol. The summed E-state index contributed by atoms with van der Waals surface area (Å²) in [5.41, 5.74) is 9.62. The van der Waals surface area contributed by atoms with Crippen LogP contribution in [0.15, 0.2) is 0 Å². The van der Waals surface area contributed by atoms with Crippen molar-refractivity contribution in [2.24, 2.45) is 11.5 Å². The molecule has 0 heterocycles. The summed E-state index contributed by atoms with van der Waals surface area (Å²) in [5, 5.41) is 8.88. The van der Waals surface area contributed by atoms with Gasteiger partial charge in [-0.3, -0.25) is 0 Å². The summed E-state index contributed by atoms with van der Waals surface area (Å²) in [6.45, 7) is 0.365. The third kappa shape index (κ3) is 5.93. The van der Waals surface area contributed by atoms with Crippen LogP contribution in [0.3, 0.4) is 0 Å². The Morgan fingerprint density at radius 3 is 2.27 bits per heavy atom. The topological polar surface area (TPSA) is 72.3 Å². The van der Waals surface area contributed by atoms with Crippen molar-refractivity contribution in [2.75, 3.05) is 6.54 Å². The van der Waals surface area contributed by atoms with Crippen molar-refractivity contribution in [2.45, 2.75) is 16.5 Å². The van der Waals surface area contributed by atoms with Gasteiger partial charge < -0.3 is 16.6 Å². The quantitative estimate of drug-likeness (QED) is 0.281. The zero-order valence-corrected chi connectivity index (χ0v) is 7.65. The van der Waals surface area contributed by atoms with Crippen LogP contribution in [0.25, 0.3) is 0 Å². The number of aliphatic hydroxyl groups is 1. The van der Waals surface area contributed by atoms with Gasteiger partial charge in [0.15, 0.2) is 0 Å². The van der Waals surface area contributed by atoms with E-state index in [0.717, 1.165) is 10.8 Å². The maximum absolute atomic E-state index is 9.07. The predicted octanol–water partition coefficient (Wildman–Crippen LogP) is -1.41. The molecule has 0 fully saturated rings. The molecule has 3 nitrogen and oxygen atoms in total. The Morgan fingerprint density at radius 2 is 1.91 bits per heavy atom. The fraction of sp³-hybridized carbons (Fsp3) is 1.00. The summed E-state index contributed by atoms with van der Waals surface area (Å²) in [5.74, 6) is -0.738. The molecule has 7 heteroatoms. The van der Waals surface area contributed by atoms with E-state index in [0.29, 0.717) is 6.54 Å². The van der Waals surface area contributed by atoms with Gasteiger partial charge in [0.2, 0.25) is 0 Å². The minimum atomic E-state index is -0.794. The van der Waals surface area contributed by atoms with Crippen LogP contribution in [0.2, 0.25) is 0 Å². The van der Waals surface area contributed by atoms with Gasteiger partial charge in [0, 0.05) is 5.94 Å². The third-order valence-electron chi connectivity index (χ3n) is 0.839. The molecule has 0 aliphatic rings. The molecule has 0 amide bonds. The Labute approximate surface area is 77.3 Å². The lowest BCUT2D eigenvalue weighted by Crippen LogP contribution is -2.32. The molecule has 0 spiro atoms. The largest absolute Gasteiger partial charge is 0.381 e. The highest BCUT2D eigenvalue weighted by atomic mass is 33.1. The molecular weight excluding hydrogens is 178 g/mol. The first-order chi connectivity index (χ1) is 5.07. The number of aliphatic hydroxyl groups excluding tert-OH is 1. The van der Waals surface area contributed by atoms with Crippen LogP contribution in [0.5, 0.6) is 0 Å². The van der Waals surface area contributed by atoms with E-state index in [1.165, 1.54) is 10.8 Å². The number of hydrogen-bond acceptors (Lipinski definition) is 5. The molecule has 5 N–H and O–H groups in total. The zero-order valence-electron chi connectivity index (χ0n) is 6.01. The first kappa shape index (κ1) is 11.7. The standard InChI is InChI=1S/C4H10B2N2OS2/c5-2(1-7)10-11-4(9)3(6)8/h2-4,9H,1,7-8H2. The molecular formula is C4H10B2N2OS2. The molecule has 3 atom stereocenters. The van der Waals surface area contributed by atoms with Crippen LogP contribution >= 0.6 is 21.6 Å². The smallest absolute Gasteiger partial charge is 0.116 e. The molecule has 11 heavy (non-hydrogen) atoms. The highest BCUT2D eigenvalue weighted by molar-refractivity contribution is 8.77. The second-order valence-electron chi connectivity index (χ2n) is 1.93. The SMILES string of the molecule is [B]C(CN)SSC(O)C([B])N. The fourth-order valence-electron chi connectivity index (χ4n) is 0.232. The normalized spacial score (nSPS) is 19.2. The van der Waals surface area contributed by atoms with E-state index in [2.05, 4.69) is 0 Å². The molecule has 0 aliphatic heterocycles. The van der Waals surface area contributed by atoms with Crippen molar-refractivity contribution in [1.82, 2.24) is 0 Å². The summed E-state index contributed by atoms with van der Waals surface area (Å²) < 4.78 is 0. The second kappa shape index (κ2) is 6.25. The summed E-state index contributed by atoms with van der Waals surface area (Å²) >= 11 is 0. The van der Waals surface area contributed by atoms with Crippen LogP contribution in [0, 0.1) is 0 Å². The van der Waals surface area contributed by atoms with Crippen LogP contribution < -0.4 is 11.5 Å². The number of rotatable bonds is 5. The summed E-state index contributed by atoms with van der Waals surface area (Å²) in [6, 6.07) is 0. The van der Waals surface area contributed by atoms with Gasteiger partial charge >= 0.3 is 0 Å². The van der Waals surface area contributed by atoms with Gasteiger partial charge in [-0.15, -0.1) is 0 Å². The van der Waals surface area contributed by atoms with E-state index in [-0.39, 0.29) is 5.15 Å². The van der Waals surface area contributed by atoms with Gasteiger partial charge in [-0.05, 0) is 11.7 Å². The van der Waals surface area contributed by atoms with E-state index in [4.69, 9.17) is 32.3 Å². The van der Waals surface area contributed by atoms with E-state index >= 15 is 0 Å². The van der Waals surface area contributed by atoms with E-state index in [1.807, 2.05) is 0 Å². The van der Waals surface area contributed by atoms with Crippen molar-refractivity contribution in [3.05, 3.63) is 0 Å². The first-order valence-electron chi connectivity index (χ1n) is 3.05. The molecule has 60 valence electrons. The summed E-state index contributed by atoms with van der Waals surface area (Å²) in [7, 11) is 13.0. The van der Waals surface area contributed by atoms with E-state index in [9.17, 15) is 0 Å². The van der Waals surface area contributed by atoms with Crippen LogP contribution in [-0.2, 0) is 0 Å². The van der Waals surface area contributed by atoms with Gasteiger partial charge in [-0.1, -0.05) is 21.6 Å². The Bertz CT molecular complexity index is 108. The highest BCUT2D eigenvalue weighted by Gasteiger charge is 2.11. The van der Waals surface area contributed by atoms with Gasteiger partial charge in [0.1, 0.15) is 5.44 Å². The lowest BCUT2D eigenvalue weighted by Gasteiger charge is -2.15. The predicted molar refractivity (Wildman–Crippen MR) is 53.5 cm³/mol. The lowest BCUT2D eigenvalue weighted by molar-refractivity contribution is 0.260.